The number of nitrogens with one attached hydrogen (secondary N) is 1. The summed E-state index contributed by atoms with van der Waals surface area (Å²) in [5, 5.41) is 3.11. The lowest BCUT2D eigenvalue weighted by molar-refractivity contribution is -0.0229. The fourth-order valence-corrected chi connectivity index (χ4v) is 4.69. The molecule has 3 aromatic carbocycles. The van der Waals surface area contributed by atoms with Gasteiger partial charge in [0.05, 0.1) is 5.60 Å². The van der Waals surface area contributed by atoms with Crippen molar-refractivity contribution in [1.82, 2.24) is 5.32 Å². The lowest BCUT2D eigenvalue weighted by Gasteiger charge is -2.38. The highest BCUT2D eigenvalue weighted by molar-refractivity contribution is 6.61. The molecule has 0 bridgehead atoms. The molecule has 0 aromatic heterocycles. The first-order valence-corrected chi connectivity index (χ1v) is 12.4. The molecule has 0 amide bonds. The molecule has 5 heteroatoms. The fraction of sp³-hybridized carbons (Fsp3) is 0.333. The molecule has 1 fully saturated rings. The molecular weight excluding hydrogens is 433 g/mol. The van der Waals surface area contributed by atoms with E-state index < -0.39 is 0 Å². The van der Waals surface area contributed by atoms with Crippen LogP contribution in [0.4, 0.5) is 0 Å². The monoisotopic (exact) mass is 469 g/mol. The van der Waals surface area contributed by atoms with Gasteiger partial charge in [-0.1, -0.05) is 66.7 Å². The molecule has 1 aliphatic heterocycles. The van der Waals surface area contributed by atoms with Crippen molar-refractivity contribution in [3.05, 3.63) is 95.6 Å². The van der Waals surface area contributed by atoms with Crippen molar-refractivity contribution < 1.29 is 14.0 Å². The van der Waals surface area contributed by atoms with Crippen LogP contribution in [0.25, 0.3) is 11.1 Å². The van der Waals surface area contributed by atoms with E-state index in [9.17, 15) is 0 Å². The summed E-state index contributed by atoms with van der Waals surface area (Å²) in [6.45, 7) is 10.0. The van der Waals surface area contributed by atoms with Gasteiger partial charge in [-0.15, -0.1) is 0 Å². The number of hydrogen-bond acceptors (Lipinski definition) is 4. The summed E-state index contributed by atoms with van der Waals surface area (Å²) in [6.07, 6.45) is 1.05. The van der Waals surface area contributed by atoms with Crippen LogP contribution in [0.5, 0.6) is 5.75 Å². The van der Waals surface area contributed by atoms with E-state index in [1.54, 1.807) is 0 Å². The molecule has 0 spiro atoms. The maximum atomic E-state index is 6.23. The molecule has 0 radical (unpaired) electrons. The largest absolute Gasteiger partial charge is 0.494 e. The molecule has 1 unspecified atom stereocenters. The van der Waals surface area contributed by atoms with Crippen molar-refractivity contribution in [2.75, 3.05) is 20.2 Å². The van der Waals surface area contributed by atoms with Crippen molar-refractivity contribution in [3.8, 4) is 5.75 Å². The topological polar surface area (TPSA) is 39.7 Å². The predicted octanol–water partition coefficient (Wildman–Crippen LogP) is 5.56. The molecule has 182 valence electrons. The fourth-order valence-electron chi connectivity index (χ4n) is 4.69. The zero-order chi connectivity index (χ0) is 24.8. The Balaban J connectivity index is 1.67. The first kappa shape index (κ1) is 25.2. The molecule has 1 heterocycles. The second-order valence-corrected chi connectivity index (χ2v) is 9.82. The Morgan fingerprint density at radius 1 is 0.943 bits per heavy atom. The molecule has 1 N–H and O–H groups in total. The normalized spacial score (nSPS) is 18.2. The minimum Gasteiger partial charge on any atom is -0.492 e. The van der Waals surface area contributed by atoms with E-state index in [1.807, 2.05) is 19.2 Å². The van der Waals surface area contributed by atoms with Gasteiger partial charge in [-0.25, -0.2) is 0 Å². The molecule has 3 aromatic rings. The molecule has 1 atom stereocenters. The van der Waals surface area contributed by atoms with E-state index in [0.29, 0.717) is 6.61 Å². The second kappa shape index (κ2) is 11.3. The average Bonchev–Trinajstić information content (AvgIpc) is 2.85. The smallest absolute Gasteiger partial charge is 0.492 e. The third-order valence-electron chi connectivity index (χ3n) is 6.38. The highest BCUT2D eigenvalue weighted by atomic mass is 16.6. The number of likely N-dealkylation sites (N-methyl/N-ethyl adjacent to an activating group) is 1. The highest BCUT2D eigenvalue weighted by Gasteiger charge is 2.38. The summed E-state index contributed by atoms with van der Waals surface area (Å²) in [5.74, 6) is 0.874. The quantitative estimate of drug-likeness (QED) is 0.266. The number of rotatable bonds is 8. The maximum Gasteiger partial charge on any atom is 0.494 e. The van der Waals surface area contributed by atoms with Crippen LogP contribution < -0.4 is 15.5 Å². The summed E-state index contributed by atoms with van der Waals surface area (Å²) in [7, 11) is 1.58. The van der Waals surface area contributed by atoms with Gasteiger partial charge >= 0.3 is 7.12 Å². The van der Waals surface area contributed by atoms with Gasteiger partial charge in [0, 0.05) is 12.6 Å². The average molecular weight is 469 g/mol. The van der Waals surface area contributed by atoms with Gasteiger partial charge in [0.2, 0.25) is 0 Å². The zero-order valence-electron chi connectivity index (χ0n) is 21.5. The molecule has 0 aliphatic carbocycles. The molecule has 0 saturated carbocycles. The highest BCUT2D eigenvalue weighted by Crippen LogP contribution is 2.33. The molecule has 1 saturated heterocycles. The van der Waals surface area contributed by atoms with E-state index in [-0.39, 0.29) is 18.8 Å². The van der Waals surface area contributed by atoms with E-state index in [1.165, 1.54) is 16.7 Å². The van der Waals surface area contributed by atoms with Crippen molar-refractivity contribution in [2.24, 2.45) is 0 Å². The van der Waals surface area contributed by atoms with E-state index >= 15 is 0 Å². The molecule has 35 heavy (non-hydrogen) atoms. The van der Waals surface area contributed by atoms with Crippen LogP contribution in [0.3, 0.4) is 0 Å². The van der Waals surface area contributed by atoms with Gasteiger partial charge in [-0.3, -0.25) is 0 Å². The number of allylic oxidation sites excluding steroid dienone is 1. The molecular formula is C30H36BNO3. The first-order valence-electron chi connectivity index (χ1n) is 12.4. The van der Waals surface area contributed by atoms with Gasteiger partial charge < -0.3 is 19.4 Å². The van der Waals surface area contributed by atoms with E-state index in [2.05, 4.69) is 99.7 Å². The number of hydrogen-bond donors (Lipinski definition) is 1. The zero-order valence-corrected chi connectivity index (χ0v) is 21.5. The summed E-state index contributed by atoms with van der Waals surface area (Å²) < 4.78 is 18.2. The van der Waals surface area contributed by atoms with Crippen molar-refractivity contribution in [2.45, 2.75) is 45.8 Å². The lowest BCUT2D eigenvalue weighted by atomic mass is 9.74. The Kier molecular flexibility index (Phi) is 8.12. The SMILES string of the molecule is CNCCOc1ccc(/C(=C(/C)c2ccccc2)c2ccc(B3OC(C)CC(C)(C)O3)cc2)cc1. The summed E-state index contributed by atoms with van der Waals surface area (Å²) >= 11 is 0. The van der Waals surface area contributed by atoms with Crippen LogP contribution >= 0.6 is 0 Å². The third kappa shape index (κ3) is 6.43. The first-order chi connectivity index (χ1) is 16.9. The molecule has 1 aliphatic rings. The van der Waals surface area contributed by atoms with Crippen LogP contribution in [0.2, 0.25) is 0 Å². The van der Waals surface area contributed by atoms with E-state index in [4.69, 9.17) is 14.0 Å². The van der Waals surface area contributed by atoms with Crippen LogP contribution in [0, 0.1) is 0 Å². The van der Waals surface area contributed by atoms with Crippen LogP contribution in [0.15, 0.2) is 78.9 Å². The van der Waals surface area contributed by atoms with Crippen molar-refractivity contribution in [3.63, 3.8) is 0 Å². The minimum atomic E-state index is -0.348. The van der Waals surface area contributed by atoms with Gasteiger partial charge in [0.25, 0.3) is 0 Å². The molecule has 4 rings (SSSR count). The lowest BCUT2D eigenvalue weighted by Crippen LogP contribution is -2.51. The van der Waals surface area contributed by atoms with Gasteiger partial charge in [0.1, 0.15) is 12.4 Å². The van der Waals surface area contributed by atoms with Gasteiger partial charge in [-0.2, -0.15) is 0 Å². The van der Waals surface area contributed by atoms with Crippen LogP contribution in [0.1, 0.15) is 50.8 Å². The van der Waals surface area contributed by atoms with Gasteiger partial charge in [0.15, 0.2) is 0 Å². The maximum absolute atomic E-state index is 6.23. The standard InChI is InChI=1S/C30H36BNO3/c1-22-21-30(3,4)35-31(34-22)27-15-11-25(12-16-27)29(23(2)24-9-7-6-8-10-24)26-13-17-28(18-14-26)33-20-19-32-5/h6-18,22,32H,19-21H2,1-5H3/b29-23-. The number of ether oxygens (including phenoxy) is 1. The van der Waals surface area contributed by atoms with Crippen LogP contribution in [-0.4, -0.2) is 39.0 Å². The van der Waals surface area contributed by atoms with Crippen molar-refractivity contribution >= 4 is 23.7 Å². The Hall–Kier alpha value is -2.86. The summed E-state index contributed by atoms with van der Waals surface area (Å²) in [6, 6.07) is 27.5. The Morgan fingerprint density at radius 2 is 1.57 bits per heavy atom. The Labute approximate surface area is 210 Å². The predicted molar refractivity (Wildman–Crippen MR) is 146 cm³/mol. The third-order valence-corrected chi connectivity index (χ3v) is 6.38. The van der Waals surface area contributed by atoms with Crippen LogP contribution in [-0.2, 0) is 9.31 Å². The Morgan fingerprint density at radius 3 is 2.17 bits per heavy atom. The Bertz CT molecular complexity index is 1120. The molecule has 4 nitrogen and oxygen atoms in total. The number of benzene rings is 3. The van der Waals surface area contributed by atoms with Gasteiger partial charge in [-0.05, 0) is 86.6 Å². The summed E-state index contributed by atoms with van der Waals surface area (Å²) in [4.78, 5) is 0. The summed E-state index contributed by atoms with van der Waals surface area (Å²) in [5.41, 5.74) is 6.77. The second-order valence-electron chi connectivity index (χ2n) is 9.82. The van der Waals surface area contributed by atoms with Crippen molar-refractivity contribution in [1.29, 1.82) is 0 Å². The minimum absolute atomic E-state index is 0.160. The van der Waals surface area contributed by atoms with E-state index in [0.717, 1.165) is 35.3 Å².